The van der Waals surface area contributed by atoms with Gasteiger partial charge in [-0.25, -0.2) is 4.39 Å². The Hall–Kier alpha value is -1.87. The maximum absolute atomic E-state index is 13.0. The molecule has 1 unspecified atom stereocenters. The Bertz CT molecular complexity index is 593. The zero-order valence-corrected chi connectivity index (χ0v) is 13.4. The highest BCUT2D eigenvalue weighted by molar-refractivity contribution is 5.66. The van der Waals surface area contributed by atoms with Gasteiger partial charge in [0.2, 0.25) is 0 Å². The fraction of sp³-hybridized carbons (Fsp3) is 0.368. The molecule has 0 bridgehead atoms. The van der Waals surface area contributed by atoms with Crippen molar-refractivity contribution >= 4 is 0 Å². The lowest BCUT2D eigenvalue weighted by atomic mass is 9.99. The van der Waals surface area contributed by atoms with Crippen LogP contribution < -0.4 is 4.74 Å². The molecular formula is C19H23FO2. The molecule has 22 heavy (non-hydrogen) atoms. The summed E-state index contributed by atoms with van der Waals surface area (Å²) in [6.07, 6.45) is 1.93. The molecular weight excluding hydrogens is 279 g/mol. The normalized spacial score (nSPS) is 12.2. The molecule has 2 nitrogen and oxygen atoms in total. The van der Waals surface area contributed by atoms with E-state index in [9.17, 15) is 4.39 Å². The van der Waals surface area contributed by atoms with Crippen LogP contribution in [-0.4, -0.2) is 13.7 Å². The molecule has 2 aromatic carbocycles. The second kappa shape index (κ2) is 7.95. The highest BCUT2D eigenvalue weighted by atomic mass is 19.1. The SMILES string of the molecule is CCCOC(CC)c1ccc(-c2ccc(F)cc2)cc1OC. The third-order valence-corrected chi connectivity index (χ3v) is 3.65. The molecule has 0 spiro atoms. The van der Waals surface area contributed by atoms with Gasteiger partial charge in [0.25, 0.3) is 0 Å². The van der Waals surface area contributed by atoms with E-state index in [2.05, 4.69) is 13.8 Å². The summed E-state index contributed by atoms with van der Waals surface area (Å²) in [5, 5.41) is 0. The first kappa shape index (κ1) is 16.5. The first-order valence-electron chi connectivity index (χ1n) is 7.75. The Kier molecular flexibility index (Phi) is 5.96. The molecule has 0 aromatic heterocycles. The van der Waals surface area contributed by atoms with E-state index in [1.807, 2.05) is 18.2 Å². The fourth-order valence-electron chi connectivity index (χ4n) is 2.49. The van der Waals surface area contributed by atoms with Gasteiger partial charge in [-0.15, -0.1) is 0 Å². The maximum atomic E-state index is 13.0. The summed E-state index contributed by atoms with van der Waals surface area (Å²) in [7, 11) is 1.67. The predicted molar refractivity (Wildman–Crippen MR) is 87.7 cm³/mol. The van der Waals surface area contributed by atoms with Crippen LogP contribution in [0.15, 0.2) is 42.5 Å². The van der Waals surface area contributed by atoms with Gasteiger partial charge in [0, 0.05) is 12.2 Å². The average molecular weight is 302 g/mol. The van der Waals surface area contributed by atoms with E-state index in [4.69, 9.17) is 9.47 Å². The average Bonchev–Trinajstić information content (AvgIpc) is 2.56. The molecule has 0 aliphatic heterocycles. The summed E-state index contributed by atoms with van der Waals surface area (Å²) in [4.78, 5) is 0. The molecule has 1 atom stereocenters. The minimum Gasteiger partial charge on any atom is -0.496 e. The van der Waals surface area contributed by atoms with Crippen LogP contribution in [-0.2, 0) is 4.74 Å². The summed E-state index contributed by atoms with van der Waals surface area (Å²) >= 11 is 0. The van der Waals surface area contributed by atoms with Crippen molar-refractivity contribution in [3.05, 3.63) is 53.8 Å². The summed E-state index contributed by atoms with van der Waals surface area (Å²) in [6.45, 7) is 4.94. The van der Waals surface area contributed by atoms with Crippen molar-refractivity contribution in [1.29, 1.82) is 0 Å². The van der Waals surface area contributed by atoms with E-state index in [-0.39, 0.29) is 11.9 Å². The highest BCUT2D eigenvalue weighted by Gasteiger charge is 2.15. The van der Waals surface area contributed by atoms with Crippen molar-refractivity contribution in [3.8, 4) is 16.9 Å². The molecule has 0 saturated carbocycles. The Morgan fingerprint density at radius 2 is 1.68 bits per heavy atom. The fourth-order valence-corrected chi connectivity index (χ4v) is 2.49. The molecule has 0 fully saturated rings. The third kappa shape index (κ3) is 3.86. The molecule has 0 N–H and O–H groups in total. The van der Waals surface area contributed by atoms with E-state index in [1.54, 1.807) is 19.2 Å². The molecule has 3 heteroatoms. The van der Waals surface area contributed by atoms with Gasteiger partial charge >= 0.3 is 0 Å². The van der Waals surface area contributed by atoms with Crippen LogP contribution in [0, 0.1) is 5.82 Å². The molecule has 0 heterocycles. The Balaban J connectivity index is 2.32. The van der Waals surface area contributed by atoms with Gasteiger partial charge < -0.3 is 9.47 Å². The zero-order chi connectivity index (χ0) is 15.9. The summed E-state index contributed by atoms with van der Waals surface area (Å²) in [5.74, 6) is 0.580. The van der Waals surface area contributed by atoms with E-state index in [1.165, 1.54) is 12.1 Å². The number of methoxy groups -OCH3 is 1. The molecule has 0 saturated heterocycles. The van der Waals surface area contributed by atoms with Crippen molar-refractivity contribution < 1.29 is 13.9 Å². The van der Waals surface area contributed by atoms with Gasteiger partial charge in [-0.05, 0) is 42.2 Å². The topological polar surface area (TPSA) is 18.5 Å². The molecule has 0 radical (unpaired) electrons. The molecule has 0 amide bonds. The van der Waals surface area contributed by atoms with Crippen molar-refractivity contribution in [3.63, 3.8) is 0 Å². The molecule has 0 aliphatic carbocycles. The van der Waals surface area contributed by atoms with Gasteiger partial charge in [0.1, 0.15) is 11.6 Å². The van der Waals surface area contributed by atoms with Crippen LogP contribution in [0.5, 0.6) is 5.75 Å². The smallest absolute Gasteiger partial charge is 0.125 e. The standard InChI is InChI=1S/C19H23FO2/c1-4-12-22-18(5-2)17-11-8-15(13-19(17)21-3)14-6-9-16(20)10-7-14/h6-11,13,18H,4-5,12H2,1-3H3. The number of ether oxygens (including phenoxy) is 2. The first-order valence-corrected chi connectivity index (χ1v) is 7.75. The number of hydrogen-bond donors (Lipinski definition) is 0. The maximum Gasteiger partial charge on any atom is 0.125 e. The summed E-state index contributed by atoms with van der Waals surface area (Å²) in [5.41, 5.74) is 3.03. The Morgan fingerprint density at radius 3 is 2.27 bits per heavy atom. The highest BCUT2D eigenvalue weighted by Crippen LogP contribution is 2.34. The van der Waals surface area contributed by atoms with Crippen molar-refractivity contribution in [1.82, 2.24) is 0 Å². The van der Waals surface area contributed by atoms with E-state index >= 15 is 0 Å². The second-order valence-corrected chi connectivity index (χ2v) is 5.23. The van der Waals surface area contributed by atoms with E-state index in [0.29, 0.717) is 0 Å². The molecule has 2 rings (SSSR count). The van der Waals surface area contributed by atoms with E-state index < -0.39 is 0 Å². The minimum atomic E-state index is -0.230. The monoisotopic (exact) mass is 302 g/mol. The number of hydrogen-bond acceptors (Lipinski definition) is 2. The van der Waals surface area contributed by atoms with Gasteiger partial charge in [-0.3, -0.25) is 0 Å². The van der Waals surface area contributed by atoms with Crippen LogP contribution in [0.3, 0.4) is 0 Å². The van der Waals surface area contributed by atoms with Crippen molar-refractivity contribution in [2.45, 2.75) is 32.8 Å². The van der Waals surface area contributed by atoms with Gasteiger partial charge in [0.05, 0.1) is 13.2 Å². The van der Waals surface area contributed by atoms with Crippen molar-refractivity contribution in [2.75, 3.05) is 13.7 Å². The molecule has 2 aromatic rings. The number of benzene rings is 2. The quantitative estimate of drug-likeness (QED) is 0.683. The Morgan fingerprint density at radius 1 is 1.00 bits per heavy atom. The van der Waals surface area contributed by atoms with E-state index in [0.717, 1.165) is 41.9 Å². The minimum absolute atomic E-state index is 0.0390. The van der Waals surface area contributed by atoms with Gasteiger partial charge in [-0.1, -0.05) is 38.1 Å². The summed E-state index contributed by atoms with van der Waals surface area (Å²) < 4.78 is 24.5. The van der Waals surface area contributed by atoms with Crippen LogP contribution in [0.2, 0.25) is 0 Å². The lowest BCUT2D eigenvalue weighted by molar-refractivity contribution is 0.0488. The van der Waals surface area contributed by atoms with Gasteiger partial charge in [-0.2, -0.15) is 0 Å². The van der Waals surface area contributed by atoms with Crippen LogP contribution in [0.4, 0.5) is 4.39 Å². The van der Waals surface area contributed by atoms with Crippen LogP contribution in [0.1, 0.15) is 38.4 Å². The summed E-state index contributed by atoms with van der Waals surface area (Å²) in [6, 6.07) is 12.5. The number of halogens is 1. The lowest BCUT2D eigenvalue weighted by Gasteiger charge is -2.19. The molecule has 118 valence electrons. The third-order valence-electron chi connectivity index (χ3n) is 3.65. The second-order valence-electron chi connectivity index (χ2n) is 5.23. The van der Waals surface area contributed by atoms with Crippen LogP contribution in [0.25, 0.3) is 11.1 Å². The molecule has 0 aliphatic rings. The predicted octanol–water partition coefficient (Wildman–Crippen LogP) is 5.38. The van der Waals surface area contributed by atoms with Gasteiger partial charge in [0.15, 0.2) is 0 Å². The first-order chi connectivity index (χ1) is 10.7. The largest absolute Gasteiger partial charge is 0.496 e. The lowest BCUT2D eigenvalue weighted by Crippen LogP contribution is -2.06. The zero-order valence-electron chi connectivity index (χ0n) is 13.4. The van der Waals surface area contributed by atoms with Crippen molar-refractivity contribution in [2.24, 2.45) is 0 Å². The Labute approximate surface area is 131 Å². The number of rotatable bonds is 7. The van der Waals surface area contributed by atoms with Crippen LogP contribution >= 0.6 is 0 Å².